The first kappa shape index (κ1) is 17.7. The largest absolute Gasteiger partial charge is 0.345 e. The minimum Gasteiger partial charge on any atom is -0.345 e. The van der Waals surface area contributed by atoms with Crippen LogP contribution in [-0.2, 0) is 7.05 Å². The van der Waals surface area contributed by atoms with Crippen molar-refractivity contribution < 1.29 is 4.79 Å². The molecule has 0 aliphatic heterocycles. The first-order valence-corrected chi connectivity index (χ1v) is 8.60. The highest BCUT2D eigenvalue weighted by Crippen LogP contribution is 2.27. The number of nitrogens with one attached hydrogen (secondary N) is 1. The van der Waals surface area contributed by atoms with Gasteiger partial charge in [-0.25, -0.2) is 4.98 Å². The summed E-state index contributed by atoms with van der Waals surface area (Å²) in [5.74, 6) is -0.190. The normalized spacial score (nSPS) is 12.4. The summed E-state index contributed by atoms with van der Waals surface area (Å²) in [6.07, 6.45) is 0. The zero-order chi connectivity index (χ0) is 18.3. The van der Waals surface area contributed by atoms with Crippen molar-refractivity contribution in [3.63, 3.8) is 0 Å². The van der Waals surface area contributed by atoms with E-state index in [0.717, 1.165) is 22.3 Å². The molecule has 0 aliphatic carbocycles. The number of hydrogen-bond acceptors (Lipinski definition) is 3. The van der Waals surface area contributed by atoms with Crippen LogP contribution in [0.2, 0.25) is 10.0 Å². The Kier molecular flexibility index (Phi) is 4.71. The van der Waals surface area contributed by atoms with E-state index in [1.807, 2.05) is 33.9 Å². The Morgan fingerprint density at radius 3 is 2.64 bits per heavy atom. The van der Waals surface area contributed by atoms with E-state index in [0.29, 0.717) is 21.3 Å². The molecule has 0 fully saturated rings. The molecule has 0 radical (unpaired) electrons. The first-order valence-electron chi connectivity index (χ1n) is 7.84. The standard InChI is InChI=1S/C18H18Cl2N4O/c1-9-7-14(16-11(3)23-24(4)17(16)21-9)18(25)22-10(2)13-6-5-12(19)8-15(13)20/h5-8,10H,1-4H3,(H,22,25). The van der Waals surface area contributed by atoms with Crippen LogP contribution in [0, 0.1) is 13.8 Å². The predicted octanol–water partition coefficient (Wildman–Crippen LogP) is 4.38. The van der Waals surface area contributed by atoms with Gasteiger partial charge in [0, 0.05) is 22.8 Å². The number of aryl methyl sites for hydroxylation is 3. The second-order valence-corrected chi connectivity index (χ2v) is 6.92. The molecule has 7 heteroatoms. The van der Waals surface area contributed by atoms with Crippen LogP contribution in [0.3, 0.4) is 0 Å². The Balaban J connectivity index is 1.97. The first-order chi connectivity index (χ1) is 11.8. The zero-order valence-electron chi connectivity index (χ0n) is 14.4. The van der Waals surface area contributed by atoms with Crippen molar-refractivity contribution in [2.45, 2.75) is 26.8 Å². The molecule has 0 spiro atoms. The molecule has 2 heterocycles. The third-order valence-electron chi connectivity index (χ3n) is 4.12. The molecule has 5 nitrogen and oxygen atoms in total. The summed E-state index contributed by atoms with van der Waals surface area (Å²) in [5, 5.41) is 9.22. The SMILES string of the molecule is Cc1cc(C(=O)NC(C)c2ccc(Cl)cc2Cl)c2c(C)nn(C)c2n1. The number of nitrogens with zero attached hydrogens (tertiary/aromatic N) is 3. The summed E-state index contributed by atoms with van der Waals surface area (Å²) < 4.78 is 1.69. The Morgan fingerprint density at radius 2 is 1.96 bits per heavy atom. The smallest absolute Gasteiger partial charge is 0.252 e. The third-order valence-corrected chi connectivity index (χ3v) is 4.68. The Labute approximate surface area is 156 Å². The summed E-state index contributed by atoms with van der Waals surface area (Å²) in [6, 6.07) is 6.76. The van der Waals surface area contributed by atoms with Gasteiger partial charge in [-0.15, -0.1) is 0 Å². The van der Waals surface area contributed by atoms with E-state index in [4.69, 9.17) is 23.2 Å². The molecular weight excluding hydrogens is 359 g/mol. The minimum absolute atomic E-state index is 0.190. The number of benzene rings is 1. The Bertz CT molecular complexity index is 981. The second kappa shape index (κ2) is 6.65. The van der Waals surface area contributed by atoms with E-state index >= 15 is 0 Å². The van der Waals surface area contributed by atoms with Gasteiger partial charge in [-0.1, -0.05) is 29.3 Å². The van der Waals surface area contributed by atoms with Gasteiger partial charge < -0.3 is 5.32 Å². The van der Waals surface area contributed by atoms with E-state index < -0.39 is 0 Å². The number of pyridine rings is 1. The summed E-state index contributed by atoms with van der Waals surface area (Å²) in [7, 11) is 1.82. The highest BCUT2D eigenvalue weighted by atomic mass is 35.5. The van der Waals surface area contributed by atoms with Gasteiger partial charge in [-0.3, -0.25) is 9.48 Å². The molecule has 3 rings (SSSR count). The number of rotatable bonds is 3. The fraction of sp³-hybridized carbons (Fsp3) is 0.278. The van der Waals surface area contributed by atoms with Crippen molar-refractivity contribution >= 4 is 40.1 Å². The van der Waals surface area contributed by atoms with Gasteiger partial charge in [-0.05, 0) is 44.5 Å². The van der Waals surface area contributed by atoms with Crippen molar-refractivity contribution in [1.82, 2.24) is 20.1 Å². The number of fused-ring (bicyclic) bond motifs is 1. The topological polar surface area (TPSA) is 59.8 Å². The molecular formula is C18H18Cl2N4O. The van der Waals surface area contributed by atoms with E-state index in [9.17, 15) is 4.79 Å². The molecule has 3 aromatic rings. The highest BCUT2D eigenvalue weighted by Gasteiger charge is 2.20. The van der Waals surface area contributed by atoms with Gasteiger partial charge in [-0.2, -0.15) is 5.10 Å². The molecule has 1 amide bonds. The van der Waals surface area contributed by atoms with Crippen molar-refractivity contribution in [2.75, 3.05) is 0 Å². The highest BCUT2D eigenvalue weighted by molar-refractivity contribution is 6.35. The Morgan fingerprint density at radius 1 is 1.24 bits per heavy atom. The summed E-state index contributed by atoms with van der Waals surface area (Å²) in [6.45, 7) is 5.61. The summed E-state index contributed by atoms with van der Waals surface area (Å²) in [4.78, 5) is 17.4. The quantitative estimate of drug-likeness (QED) is 0.737. The van der Waals surface area contributed by atoms with E-state index in [1.54, 1.807) is 22.9 Å². The number of carbonyl (C=O) groups is 1. The molecule has 0 saturated carbocycles. The van der Waals surface area contributed by atoms with Gasteiger partial charge in [0.05, 0.1) is 22.7 Å². The number of aromatic nitrogens is 3. The van der Waals surface area contributed by atoms with Gasteiger partial charge in [0.1, 0.15) is 0 Å². The maximum absolute atomic E-state index is 12.9. The lowest BCUT2D eigenvalue weighted by Crippen LogP contribution is -2.27. The maximum atomic E-state index is 12.9. The second-order valence-electron chi connectivity index (χ2n) is 6.08. The van der Waals surface area contributed by atoms with Crippen molar-refractivity contribution in [3.05, 3.63) is 56.8 Å². The maximum Gasteiger partial charge on any atom is 0.252 e. The van der Waals surface area contributed by atoms with E-state index in [2.05, 4.69) is 15.4 Å². The van der Waals surface area contributed by atoms with Crippen molar-refractivity contribution in [2.24, 2.45) is 7.05 Å². The molecule has 130 valence electrons. The Hall–Kier alpha value is -2.11. The third kappa shape index (κ3) is 3.34. The van der Waals surface area contributed by atoms with Crippen LogP contribution in [0.4, 0.5) is 0 Å². The lowest BCUT2D eigenvalue weighted by atomic mass is 10.1. The molecule has 1 unspecified atom stereocenters. The fourth-order valence-electron chi connectivity index (χ4n) is 2.95. The van der Waals surface area contributed by atoms with Gasteiger partial charge >= 0.3 is 0 Å². The van der Waals surface area contributed by atoms with Gasteiger partial charge in [0.15, 0.2) is 5.65 Å². The summed E-state index contributed by atoms with van der Waals surface area (Å²) >= 11 is 12.2. The molecule has 0 aliphatic rings. The van der Waals surface area contributed by atoms with Crippen LogP contribution in [0.25, 0.3) is 11.0 Å². The van der Waals surface area contributed by atoms with Gasteiger partial charge in [0.2, 0.25) is 0 Å². The van der Waals surface area contributed by atoms with Crippen LogP contribution < -0.4 is 5.32 Å². The average Bonchev–Trinajstić information content (AvgIpc) is 2.80. The molecule has 0 bridgehead atoms. The van der Waals surface area contributed by atoms with Gasteiger partial charge in [0.25, 0.3) is 5.91 Å². The van der Waals surface area contributed by atoms with Crippen molar-refractivity contribution in [3.8, 4) is 0 Å². The lowest BCUT2D eigenvalue weighted by molar-refractivity contribution is 0.0941. The lowest BCUT2D eigenvalue weighted by Gasteiger charge is -2.16. The summed E-state index contributed by atoms with van der Waals surface area (Å²) in [5.41, 5.74) is 3.60. The molecule has 2 aromatic heterocycles. The molecule has 0 saturated heterocycles. The number of carbonyl (C=O) groups excluding carboxylic acids is 1. The molecule has 25 heavy (non-hydrogen) atoms. The molecule has 1 N–H and O–H groups in total. The molecule has 1 atom stereocenters. The van der Waals surface area contributed by atoms with Crippen molar-refractivity contribution in [1.29, 1.82) is 0 Å². The van der Waals surface area contributed by atoms with Crippen LogP contribution in [0.1, 0.15) is 40.3 Å². The monoisotopic (exact) mass is 376 g/mol. The number of amides is 1. The van der Waals surface area contributed by atoms with E-state index in [-0.39, 0.29) is 11.9 Å². The number of hydrogen-bond donors (Lipinski definition) is 1. The van der Waals surface area contributed by atoms with Crippen LogP contribution in [0.15, 0.2) is 24.3 Å². The van der Waals surface area contributed by atoms with Crippen LogP contribution in [0.5, 0.6) is 0 Å². The molecule has 1 aromatic carbocycles. The van der Waals surface area contributed by atoms with Crippen LogP contribution in [-0.4, -0.2) is 20.7 Å². The predicted molar refractivity (Wildman–Crippen MR) is 100 cm³/mol. The minimum atomic E-state index is -0.266. The van der Waals surface area contributed by atoms with Crippen LogP contribution >= 0.6 is 23.2 Å². The zero-order valence-corrected chi connectivity index (χ0v) is 15.9. The average molecular weight is 377 g/mol. The van der Waals surface area contributed by atoms with E-state index in [1.165, 1.54) is 0 Å². The fourth-order valence-corrected chi connectivity index (χ4v) is 3.53. The number of halogens is 2.